The molecule has 146 valence electrons. The topological polar surface area (TPSA) is 78.0 Å². The van der Waals surface area contributed by atoms with Crippen LogP contribution in [0.5, 0.6) is 5.75 Å². The van der Waals surface area contributed by atoms with Crippen molar-refractivity contribution in [3.05, 3.63) is 95.6 Å². The Morgan fingerprint density at radius 2 is 1.70 bits per heavy atom. The number of benzene rings is 3. The summed E-state index contributed by atoms with van der Waals surface area (Å²) >= 11 is 0. The van der Waals surface area contributed by atoms with Crippen molar-refractivity contribution in [2.75, 3.05) is 11.5 Å². The highest BCUT2D eigenvalue weighted by molar-refractivity contribution is 6.54. The number of carbonyl (C=O) groups is 1. The lowest BCUT2D eigenvalue weighted by Crippen LogP contribution is -2.29. The standard InChI is InChI=1S/C24H18N4O2/c25-14-15-30-20-12-10-18(11-13-20)16-26-27-23-21-8-4-5-9-22(21)28(24(23)29)17-19-6-2-1-3-7-19/h1-13,16H,15,17H2/b26-16-,27-23-. The van der Waals surface area contributed by atoms with Crippen LogP contribution in [0.2, 0.25) is 0 Å². The smallest absolute Gasteiger partial charge is 0.279 e. The lowest BCUT2D eigenvalue weighted by atomic mass is 10.1. The van der Waals surface area contributed by atoms with Crippen molar-refractivity contribution in [2.45, 2.75) is 6.54 Å². The Morgan fingerprint density at radius 3 is 2.47 bits per heavy atom. The van der Waals surface area contributed by atoms with Crippen molar-refractivity contribution >= 4 is 23.5 Å². The molecule has 30 heavy (non-hydrogen) atoms. The van der Waals surface area contributed by atoms with Gasteiger partial charge in [-0.3, -0.25) is 4.79 Å². The van der Waals surface area contributed by atoms with Crippen molar-refractivity contribution in [1.29, 1.82) is 5.26 Å². The van der Waals surface area contributed by atoms with Gasteiger partial charge in [-0.25, -0.2) is 0 Å². The zero-order valence-electron chi connectivity index (χ0n) is 16.1. The van der Waals surface area contributed by atoms with E-state index in [1.165, 1.54) is 0 Å². The first-order valence-electron chi connectivity index (χ1n) is 9.42. The van der Waals surface area contributed by atoms with Crippen LogP contribution in [0.1, 0.15) is 16.7 Å². The molecule has 0 unspecified atom stereocenters. The fourth-order valence-electron chi connectivity index (χ4n) is 3.20. The Hall–Kier alpha value is -4.24. The summed E-state index contributed by atoms with van der Waals surface area (Å²) in [6, 6.07) is 26.5. The third kappa shape index (κ3) is 4.10. The molecule has 0 radical (unpaired) electrons. The van der Waals surface area contributed by atoms with Gasteiger partial charge in [-0.05, 0) is 41.5 Å². The number of nitriles is 1. The summed E-state index contributed by atoms with van der Waals surface area (Å²) in [5, 5.41) is 16.9. The highest BCUT2D eigenvalue weighted by Gasteiger charge is 2.33. The second kappa shape index (κ2) is 8.84. The van der Waals surface area contributed by atoms with E-state index in [-0.39, 0.29) is 12.5 Å². The minimum Gasteiger partial charge on any atom is -0.479 e. The van der Waals surface area contributed by atoms with Crippen LogP contribution in [0.4, 0.5) is 5.69 Å². The van der Waals surface area contributed by atoms with Crippen LogP contribution in [0.3, 0.4) is 0 Å². The van der Waals surface area contributed by atoms with Gasteiger partial charge in [-0.2, -0.15) is 10.4 Å². The minimum absolute atomic E-state index is 0.00207. The molecule has 6 heteroatoms. The zero-order chi connectivity index (χ0) is 20.8. The summed E-state index contributed by atoms with van der Waals surface area (Å²) in [6.07, 6.45) is 1.58. The Labute approximate surface area is 174 Å². The predicted octanol–water partition coefficient (Wildman–Crippen LogP) is 3.96. The minimum atomic E-state index is -0.169. The largest absolute Gasteiger partial charge is 0.479 e. The summed E-state index contributed by atoms with van der Waals surface area (Å²) in [5.41, 5.74) is 3.79. The first-order valence-corrected chi connectivity index (χ1v) is 9.42. The molecule has 0 aliphatic carbocycles. The molecule has 1 aliphatic rings. The van der Waals surface area contributed by atoms with Crippen LogP contribution < -0.4 is 9.64 Å². The number of hydrogen-bond acceptors (Lipinski definition) is 5. The monoisotopic (exact) mass is 394 g/mol. The molecule has 0 N–H and O–H groups in total. The SMILES string of the molecule is N#CCOc1ccc(/C=N\N=C2/C(=O)N(Cc3ccccc3)c3ccccc32)cc1. The van der Waals surface area contributed by atoms with E-state index < -0.39 is 0 Å². The molecule has 0 bridgehead atoms. The van der Waals surface area contributed by atoms with Crippen LogP contribution in [0, 0.1) is 11.3 Å². The Kier molecular flexibility index (Phi) is 5.63. The average molecular weight is 394 g/mol. The van der Waals surface area contributed by atoms with E-state index in [9.17, 15) is 4.79 Å². The van der Waals surface area contributed by atoms with E-state index in [1.54, 1.807) is 23.2 Å². The number of amides is 1. The van der Waals surface area contributed by atoms with Gasteiger partial charge < -0.3 is 9.64 Å². The zero-order valence-corrected chi connectivity index (χ0v) is 16.1. The van der Waals surface area contributed by atoms with Crippen molar-refractivity contribution in [2.24, 2.45) is 10.2 Å². The number of ether oxygens (including phenoxy) is 1. The van der Waals surface area contributed by atoms with E-state index in [1.807, 2.05) is 72.8 Å². The molecule has 0 aromatic heterocycles. The second-order valence-corrected chi connectivity index (χ2v) is 6.60. The molecule has 3 aromatic rings. The number of nitrogens with zero attached hydrogens (tertiary/aromatic N) is 4. The van der Waals surface area contributed by atoms with Gasteiger partial charge >= 0.3 is 0 Å². The molecule has 4 rings (SSSR count). The molecule has 1 amide bonds. The maximum Gasteiger partial charge on any atom is 0.279 e. The number of fused-ring (bicyclic) bond motifs is 1. The quantitative estimate of drug-likeness (QED) is 0.469. The van der Waals surface area contributed by atoms with Gasteiger partial charge in [0.25, 0.3) is 5.91 Å². The van der Waals surface area contributed by atoms with E-state index >= 15 is 0 Å². The van der Waals surface area contributed by atoms with Crippen LogP contribution >= 0.6 is 0 Å². The maximum atomic E-state index is 13.0. The molecule has 0 saturated carbocycles. The summed E-state index contributed by atoms with van der Waals surface area (Å²) in [6.45, 7) is 0.478. The Morgan fingerprint density at radius 1 is 0.967 bits per heavy atom. The van der Waals surface area contributed by atoms with Crippen LogP contribution in [0.15, 0.2) is 89.1 Å². The molecule has 6 nitrogen and oxygen atoms in total. The number of anilines is 1. The summed E-state index contributed by atoms with van der Waals surface area (Å²) < 4.78 is 5.23. The summed E-state index contributed by atoms with van der Waals surface area (Å²) in [5.74, 6) is 0.439. The van der Waals surface area contributed by atoms with Crippen molar-refractivity contribution in [3.8, 4) is 11.8 Å². The average Bonchev–Trinajstić information content (AvgIpc) is 3.05. The van der Waals surface area contributed by atoms with Gasteiger partial charge in [-0.1, -0.05) is 48.5 Å². The van der Waals surface area contributed by atoms with Gasteiger partial charge in [-0.15, -0.1) is 5.10 Å². The van der Waals surface area contributed by atoms with Crippen molar-refractivity contribution in [3.63, 3.8) is 0 Å². The Bertz CT molecular complexity index is 1150. The van der Waals surface area contributed by atoms with Crippen LogP contribution in [0.25, 0.3) is 0 Å². The van der Waals surface area contributed by atoms with Crippen LogP contribution in [-0.2, 0) is 11.3 Å². The fraction of sp³-hybridized carbons (Fsp3) is 0.0833. The van der Waals surface area contributed by atoms with Crippen molar-refractivity contribution < 1.29 is 9.53 Å². The lowest BCUT2D eigenvalue weighted by Gasteiger charge is -2.16. The number of hydrogen-bond donors (Lipinski definition) is 0. The van der Waals surface area contributed by atoms with E-state index in [0.29, 0.717) is 18.0 Å². The molecule has 3 aromatic carbocycles. The number of rotatable bonds is 6. The molecule has 0 fully saturated rings. The summed E-state index contributed by atoms with van der Waals surface area (Å²) in [7, 11) is 0. The van der Waals surface area contributed by atoms with Gasteiger partial charge in [0.2, 0.25) is 0 Å². The van der Waals surface area contributed by atoms with E-state index in [2.05, 4.69) is 10.2 Å². The summed E-state index contributed by atoms with van der Waals surface area (Å²) in [4.78, 5) is 14.8. The van der Waals surface area contributed by atoms with Crippen molar-refractivity contribution in [1.82, 2.24) is 0 Å². The molecule has 0 spiro atoms. The second-order valence-electron chi connectivity index (χ2n) is 6.60. The lowest BCUT2D eigenvalue weighted by molar-refractivity contribution is -0.112. The van der Waals surface area contributed by atoms with Gasteiger partial charge in [0, 0.05) is 5.56 Å². The third-order valence-corrected chi connectivity index (χ3v) is 4.63. The highest BCUT2D eigenvalue weighted by Crippen LogP contribution is 2.30. The van der Waals surface area contributed by atoms with Gasteiger partial charge in [0.1, 0.15) is 11.8 Å². The highest BCUT2D eigenvalue weighted by atomic mass is 16.5. The van der Waals surface area contributed by atoms with Crippen LogP contribution in [-0.4, -0.2) is 24.4 Å². The molecule has 1 heterocycles. The van der Waals surface area contributed by atoms with Gasteiger partial charge in [0.05, 0.1) is 18.4 Å². The first-order chi connectivity index (χ1) is 14.8. The third-order valence-electron chi connectivity index (χ3n) is 4.63. The molecular weight excluding hydrogens is 376 g/mol. The predicted molar refractivity (Wildman–Crippen MR) is 116 cm³/mol. The fourth-order valence-corrected chi connectivity index (χ4v) is 3.20. The molecular formula is C24H18N4O2. The molecule has 0 saturated heterocycles. The molecule has 1 aliphatic heterocycles. The molecule has 0 atom stereocenters. The number of carbonyl (C=O) groups excluding carboxylic acids is 1. The van der Waals surface area contributed by atoms with Gasteiger partial charge in [0.15, 0.2) is 12.3 Å². The van der Waals surface area contributed by atoms with E-state index in [4.69, 9.17) is 10.00 Å². The number of para-hydroxylation sites is 1. The first kappa shape index (κ1) is 19.1. The van der Waals surface area contributed by atoms with E-state index in [0.717, 1.165) is 22.4 Å². The normalized spacial score (nSPS) is 14.2. The Balaban J connectivity index is 1.55. The maximum absolute atomic E-state index is 13.0.